The maximum Gasteiger partial charge on any atom is 0.320 e. The lowest BCUT2D eigenvalue weighted by Gasteiger charge is -2.17. The zero-order valence-electron chi connectivity index (χ0n) is 15.2. The third-order valence-electron chi connectivity index (χ3n) is 4.15. The van der Waals surface area contributed by atoms with Crippen molar-refractivity contribution < 1.29 is 4.79 Å². The number of carbonyl (C=O) groups excluding carboxylic acids is 1. The molecule has 2 heterocycles. The fourth-order valence-electron chi connectivity index (χ4n) is 2.75. The second-order valence-electron chi connectivity index (χ2n) is 6.44. The summed E-state index contributed by atoms with van der Waals surface area (Å²) in [4.78, 5) is 16.4. The molecule has 134 valence electrons. The van der Waals surface area contributed by atoms with E-state index in [-0.39, 0.29) is 18.1 Å². The molecule has 1 aromatic carbocycles. The van der Waals surface area contributed by atoms with E-state index < -0.39 is 0 Å². The third-order valence-corrected chi connectivity index (χ3v) is 4.15. The van der Waals surface area contributed by atoms with Crippen molar-refractivity contribution in [3.63, 3.8) is 0 Å². The van der Waals surface area contributed by atoms with Crippen molar-refractivity contribution in [2.24, 2.45) is 0 Å². The number of amides is 2. The predicted octanol–water partition coefficient (Wildman–Crippen LogP) is 4.41. The van der Waals surface area contributed by atoms with Crippen molar-refractivity contribution in [2.45, 2.75) is 32.9 Å². The first kappa shape index (κ1) is 17.7. The van der Waals surface area contributed by atoms with E-state index in [9.17, 15) is 4.79 Å². The van der Waals surface area contributed by atoms with Crippen LogP contribution < -0.4 is 10.6 Å². The van der Waals surface area contributed by atoms with Gasteiger partial charge in [-0.05, 0) is 43.5 Å². The fraction of sp³-hybridized carbons (Fsp3) is 0.250. The quantitative estimate of drug-likeness (QED) is 0.717. The summed E-state index contributed by atoms with van der Waals surface area (Å²) in [7, 11) is 0. The topological polar surface area (TPSA) is 71.8 Å². The Morgan fingerprint density at radius 2 is 1.77 bits per heavy atom. The average molecular weight is 349 g/mol. The van der Waals surface area contributed by atoms with Gasteiger partial charge in [0.25, 0.3) is 0 Å². The largest absolute Gasteiger partial charge is 0.331 e. The van der Waals surface area contributed by atoms with E-state index >= 15 is 0 Å². The number of aromatic nitrogens is 3. The maximum atomic E-state index is 12.3. The molecule has 1 atom stereocenters. The summed E-state index contributed by atoms with van der Waals surface area (Å²) in [5.74, 6) is 0.677. The van der Waals surface area contributed by atoms with Crippen LogP contribution in [0.1, 0.15) is 38.4 Å². The zero-order chi connectivity index (χ0) is 18.5. The zero-order valence-corrected chi connectivity index (χ0v) is 15.2. The number of nitrogens with zero attached hydrogens (tertiary/aromatic N) is 3. The van der Waals surface area contributed by atoms with Crippen LogP contribution in [0.3, 0.4) is 0 Å². The highest BCUT2D eigenvalue weighted by molar-refractivity contribution is 5.88. The molecule has 6 nitrogen and oxygen atoms in total. The molecule has 0 spiro atoms. The Hall–Kier alpha value is -3.15. The first-order valence-corrected chi connectivity index (χ1v) is 8.66. The van der Waals surface area contributed by atoms with Gasteiger partial charge in [-0.15, -0.1) is 0 Å². The van der Waals surface area contributed by atoms with Gasteiger partial charge in [-0.3, -0.25) is 10.3 Å². The number of nitrogens with one attached hydrogen (secondary N) is 2. The molecule has 2 amide bonds. The summed E-state index contributed by atoms with van der Waals surface area (Å²) >= 11 is 0. The second-order valence-corrected chi connectivity index (χ2v) is 6.44. The Labute approximate surface area is 153 Å². The SMILES string of the molecule is CC(NC(=O)Nc1ccnn1C(C)C)c1ccc(-c2cccnc2)cc1. The molecular weight excluding hydrogens is 326 g/mol. The Bertz CT molecular complexity index is 855. The van der Waals surface area contributed by atoms with Crippen LogP contribution >= 0.6 is 0 Å². The number of pyridine rings is 1. The first-order valence-electron chi connectivity index (χ1n) is 8.66. The minimum atomic E-state index is -0.253. The average Bonchev–Trinajstić information content (AvgIpc) is 3.11. The van der Waals surface area contributed by atoms with E-state index in [4.69, 9.17) is 0 Å². The van der Waals surface area contributed by atoms with Gasteiger partial charge in [0.05, 0.1) is 12.2 Å². The summed E-state index contributed by atoms with van der Waals surface area (Å²) in [6.45, 7) is 5.99. The van der Waals surface area contributed by atoms with E-state index in [1.54, 1.807) is 23.1 Å². The summed E-state index contributed by atoms with van der Waals surface area (Å²) in [5, 5.41) is 10.0. The van der Waals surface area contributed by atoms with Crippen LogP contribution in [0.5, 0.6) is 0 Å². The molecule has 0 saturated heterocycles. The van der Waals surface area contributed by atoms with Crippen molar-refractivity contribution >= 4 is 11.8 Å². The van der Waals surface area contributed by atoms with Crippen molar-refractivity contribution in [2.75, 3.05) is 5.32 Å². The molecule has 0 saturated carbocycles. The van der Waals surface area contributed by atoms with Crippen molar-refractivity contribution in [1.82, 2.24) is 20.1 Å². The van der Waals surface area contributed by atoms with Crippen LogP contribution in [0, 0.1) is 0 Å². The molecule has 3 aromatic rings. The van der Waals surface area contributed by atoms with Crippen LogP contribution in [-0.4, -0.2) is 20.8 Å². The van der Waals surface area contributed by atoms with E-state index in [0.717, 1.165) is 16.7 Å². The number of carbonyl (C=O) groups is 1. The fourth-order valence-corrected chi connectivity index (χ4v) is 2.75. The lowest BCUT2D eigenvalue weighted by Crippen LogP contribution is -2.32. The summed E-state index contributed by atoms with van der Waals surface area (Å²) < 4.78 is 1.77. The molecule has 1 unspecified atom stereocenters. The maximum absolute atomic E-state index is 12.3. The normalized spacial score (nSPS) is 12.0. The van der Waals surface area contributed by atoms with Gasteiger partial charge in [0.1, 0.15) is 5.82 Å². The Kier molecular flexibility index (Phi) is 5.31. The predicted molar refractivity (Wildman–Crippen MR) is 103 cm³/mol. The van der Waals surface area contributed by atoms with Gasteiger partial charge in [-0.25, -0.2) is 9.48 Å². The Balaban J connectivity index is 1.63. The summed E-state index contributed by atoms with van der Waals surface area (Å²) in [6.07, 6.45) is 5.27. The summed E-state index contributed by atoms with van der Waals surface area (Å²) in [5.41, 5.74) is 3.20. The number of benzene rings is 1. The number of hydrogen-bond acceptors (Lipinski definition) is 3. The van der Waals surface area contributed by atoms with Crippen LogP contribution in [-0.2, 0) is 0 Å². The molecule has 26 heavy (non-hydrogen) atoms. The van der Waals surface area contributed by atoms with Crippen molar-refractivity contribution in [3.8, 4) is 11.1 Å². The van der Waals surface area contributed by atoms with Gasteiger partial charge in [0.15, 0.2) is 0 Å². The molecule has 3 rings (SSSR count). The van der Waals surface area contributed by atoms with Crippen LogP contribution in [0.2, 0.25) is 0 Å². The monoisotopic (exact) mass is 349 g/mol. The second kappa shape index (κ2) is 7.82. The van der Waals surface area contributed by atoms with Gasteiger partial charge in [0, 0.05) is 24.5 Å². The van der Waals surface area contributed by atoms with Gasteiger partial charge in [-0.1, -0.05) is 30.3 Å². The number of anilines is 1. The minimum Gasteiger partial charge on any atom is -0.331 e. The molecule has 0 fully saturated rings. The van der Waals surface area contributed by atoms with Gasteiger partial charge in [-0.2, -0.15) is 5.10 Å². The number of rotatable bonds is 5. The van der Waals surface area contributed by atoms with Gasteiger partial charge < -0.3 is 5.32 Å². The number of urea groups is 1. The molecule has 2 aromatic heterocycles. The third kappa shape index (κ3) is 4.08. The molecule has 0 bridgehead atoms. The van der Waals surface area contributed by atoms with Crippen LogP contribution in [0.15, 0.2) is 61.1 Å². The Morgan fingerprint density at radius 3 is 2.42 bits per heavy atom. The molecule has 2 N–H and O–H groups in total. The van der Waals surface area contributed by atoms with E-state index in [1.165, 1.54) is 0 Å². The van der Waals surface area contributed by atoms with Gasteiger partial charge >= 0.3 is 6.03 Å². The van der Waals surface area contributed by atoms with Crippen LogP contribution in [0.25, 0.3) is 11.1 Å². The summed E-state index contributed by atoms with van der Waals surface area (Å²) in [6, 6.07) is 13.6. The smallest absolute Gasteiger partial charge is 0.320 e. The molecule has 6 heteroatoms. The van der Waals surface area contributed by atoms with Crippen molar-refractivity contribution in [1.29, 1.82) is 0 Å². The number of hydrogen-bond donors (Lipinski definition) is 2. The molecule has 0 aliphatic carbocycles. The molecule has 0 aliphatic heterocycles. The highest BCUT2D eigenvalue weighted by Gasteiger charge is 2.13. The Morgan fingerprint density at radius 1 is 1.00 bits per heavy atom. The van der Waals surface area contributed by atoms with Gasteiger partial charge in [0.2, 0.25) is 0 Å². The first-order chi connectivity index (χ1) is 12.5. The standard InChI is InChI=1S/C20H23N5O/c1-14(2)25-19(10-12-22-25)24-20(26)23-15(3)16-6-8-17(9-7-16)18-5-4-11-21-13-18/h4-15H,1-3H3,(H2,23,24,26). The van der Waals surface area contributed by atoms with E-state index in [0.29, 0.717) is 5.82 Å². The minimum absolute atomic E-state index is 0.117. The molecular formula is C20H23N5O. The highest BCUT2D eigenvalue weighted by atomic mass is 16.2. The highest BCUT2D eigenvalue weighted by Crippen LogP contribution is 2.21. The van der Waals surface area contributed by atoms with Crippen molar-refractivity contribution in [3.05, 3.63) is 66.6 Å². The lowest BCUT2D eigenvalue weighted by molar-refractivity contribution is 0.249. The van der Waals surface area contributed by atoms with Crippen LogP contribution in [0.4, 0.5) is 10.6 Å². The van der Waals surface area contributed by atoms with E-state index in [1.807, 2.05) is 63.4 Å². The lowest BCUT2D eigenvalue weighted by atomic mass is 10.0. The molecule has 0 aliphatic rings. The molecule has 0 radical (unpaired) electrons. The van der Waals surface area contributed by atoms with E-state index in [2.05, 4.69) is 20.7 Å².